The molecule has 0 spiro atoms. The molecule has 2 aromatic carbocycles. The van der Waals surface area contributed by atoms with Crippen LogP contribution < -0.4 is 14.9 Å². The predicted molar refractivity (Wildman–Crippen MR) is 164 cm³/mol. The van der Waals surface area contributed by atoms with Crippen LogP contribution in [-0.4, -0.2) is 43.0 Å². The Balaban J connectivity index is 1.49. The van der Waals surface area contributed by atoms with Crippen LogP contribution in [0.2, 0.25) is 0 Å². The molecule has 0 N–H and O–H groups in total. The number of carbonyl (C=O) groups excluding carboxylic acids is 1. The van der Waals surface area contributed by atoms with Crippen molar-refractivity contribution in [3.63, 3.8) is 0 Å². The van der Waals surface area contributed by atoms with Gasteiger partial charge in [-0.15, -0.1) is 0 Å². The van der Waals surface area contributed by atoms with Gasteiger partial charge in [-0.05, 0) is 104 Å². The minimum atomic E-state index is -0.555. The topological polar surface area (TPSA) is 99.9 Å². The molecule has 1 fully saturated rings. The second-order valence-electron chi connectivity index (χ2n) is 11.3. The molecule has 10 heteroatoms. The van der Waals surface area contributed by atoms with E-state index in [9.17, 15) is 10.1 Å². The van der Waals surface area contributed by atoms with Gasteiger partial charge in [0.2, 0.25) is 5.88 Å². The number of ether oxygens (including phenoxy) is 3. The summed E-state index contributed by atoms with van der Waals surface area (Å²) in [6, 6.07) is 17.2. The molecule has 1 aromatic heterocycles. The number of hydrogen-bond donors (Lipinski definition) is 0. The lowest BCUT2D eigenvalue weighted by Gasteiger charge is -2.32. The first-order valence-electron chi connectivity index (χ1n) is 13.9. The zero-order valence-corrected chi connectivity index (χ0v) is 26.5. The number of carbonyl (C=O) groups is 1. The zero-order chi connectivity index (χ0) is 30.5. The van der Waals surface area contributed by atoms with Crippen molar-refractivity contribution in [1.29, 1.82) is 5.26 Å². The Hall–Kier alpha value is -3.39. The second kappa shape index (κ2) is 13.3. The van der Waals surface area contributed by atoms with Crippen LogP contribution >= 0.6 is 15.9 Å². The summed E-state index contributed by atoms with van der Waals surface area (Å²) in [5.74, 6) is 0.754. The highest BCUT2D eigenvalue weighted by atomic mass is 79.9. The predicted octanol–water partition coefficient (Wildman–Crippen LogP) is 5.63. The Morgan fingerprint density at radius 3 is 2.43 bits per heavy atom. The van der Waals surface area contributed by atoms with Crippen molar-refractivity contribution in [2.75, 3.05) is 13.7 Å². The minimum absolute atomic E-state index is 0.0889. The fourth-order valence-electron chi connectivity index (χ4n) is 4.62. The number of aromatic nitrogens is 1. The first kappa shape index (κ1) is 31.5. The molecule has 0 aliphatic carbocycles. The van der Waals surface area contributed by atoms with Gasteiger partial charge in [-0.25, -0.2) is 4.98 Å². The van der Waals surface area contributed by atoms with E-state index in [1.807, 2.05) is 71.0 Å². The van der Waals surface area contributed by atoms with Gasteiger partial charge >= 0.3 is 13.1 Å². The number of benzene rings is 2. The maximum Gasteiger partial charge on any atom is 0.495 e. The van der Waals surface area contributed by atoms with Crippen molar-refractivity contribution in [1.82, 2.24) is 4.98 Å². The van der Waals surface area contributed by atoms with E-state index in [1.54, 1.807) is 12.1 Å². The first-order chi connectivity index (χ1) is 19.9. The van der Waals surface area contributed by atoms with Gasteiger partial charge < -0.3 is 23.5 Å². The number of pyridine rings is 1. The molecule has 0 amide bonds. The summed E-state index contributed by atoms with van der Waals surface area (Å²) in [7, 11) is 0.818. The molecule has 220 valence electrons. The van der Waals surface area contributed by atoms with Gasteiger partial charge in [0.1, 0.15) is 17.0 Å². The van der Waals surface area contributed by atoms with Crippen molar-refractivity contribution in [3.8, 4) is 17.7 Å². The number of hydrogen-bond acceptors (Lipinski definition) is 8. The van der Waals surface area contributed by atoms with Gasteiger partial charge in [-0.2, -0.15) is 5.26 Å². The molecule has 1 saturated heterocycles. The van der Waals surface area contributed by atoms with Crippen LogP contribution in [0.1, 0.15) is 61.9 Å². The number of esters is 1. The summed E-state index contributed by atoms with van der Waals surface area (Å²) in [5, 5.41) is 9.46. The Morgan fingerprint density at radius 1 is 1.02 bits per heavy atom. The van der Waals surface area contributed by atoms with Crippen LogP contribution in [0, 0.1) is 18.3 Å². The van der Waals surface area contributed by atoms with Crippen LogP contribution in [0.25, 0.3) is 0 Å². The molecule has 1 aliphatic rings. The van der Waals surface area contributed by atoms with E-state index < -0.39 is 18.3 Å². The van der Waals surface area contributed by atoms with Gasteiger partial charge in [-0.1, -0.05) is 23.8 Å². The van der Waals surface area contributed by atoms with Crippen molar-refractivity contribution in [3.05, 3.63) is 81.0 Å². The number of methoxy groups -OCH3 is 1. The van der Waals surface area contributed by atoms with Crippen molar-refractivity contribution in [2.24, 2.45) is 0 Å². The normalized spacial score (nSPS) is 15.2. The summed E-state index contributed by atoms with van der Waals surface area (Å²) in [4.78, 5) is 16.5. The Bertz CT molecular complexity index is 1470. The fourth-order valence-corrected chi connectivity index (χ4v) is 4.95. The van der Waals surface area contributed by atoms with Gasteiger partial charge in [0.25, 0.3) is 0 Å². The quantitative estimate of drug-likeness (QED) is 0.116. The molecule has 8 nitrogen and oxygen atoms in total. The molecule has 42 heavy (non-hydrogen) atoms. The molecule has 0 atom stereocenters. The fraction of sp³-hybridized carbons (Fsp3) is 0.406. The third-order valence-electron chi connectivity index (χ3n) is 7.77. The Morgan fingerprint density at radius 2 is 1.76 bits per heavy atom. The monoisotopic (exact) mass is 634 g/mol. The van der Waals surface area contributed by atoms with Crippen LogP contribution in [0.5, 0.6) is 11.6 Å². The smallest absolute Gasteiger partial charge is 0.493 e. The lowest BCUT2D eigenvalue weighted by molar-refractivity contribution is -0.139. The summed E-state index contributed by atoms with van der Waals surface area (Å²) >= 11 is 3.36. The van der Waals surface area contributed by atoms with Crippen LogP contribution in [0.3, 0.4) is 0 Å². The average molecular weight is 635 g/mol. The van der Waals surface area contributed by atoms with Crippen molar-refractivity contribution < 1.29 is 28.3 Å². The van der Waals surface area contributed by atoms with E-state index in [0.717, 1.165) is 27.7 Å². The lowest BCUT2D eigenvalue weighted by Crippen LogP contribution is -2.41. The van der Waals surface area contributed by atoms with E-state index in [4.69, 9.17) is 23.5 Å². The highest BCUT2D eigenvalue weighted by Gasteiger charge is 2.52. The maximum atomic E-state index is 12.2. The first-order valence-corrected chi connectivity index (χ1v) is 14.7. The molecule has 0 unspecified atom stereocenters. The number of rotatable bonds is 11. The maximum absolute atomic E-state index is 12.2. The van der Waals surface area contributed by atoms with E-state index in [0.29, 0.717) is 47.9 Å². The average Bonchev–Trinajstić information content (AvgIpc) is 3.16. The van der Waals surface area contributed by atoms with Crippen LogP contribution in [-0.2, 0) is 38.3 Å². The highest BCUT2D eigenvalue weighted by molar-refractivity contribution is 9.10. The second-order valence-corrected chi connectivity index (χ2v) is 12.1. The van der Waals surface area contributed by atoms with Crippen LogP contribution in [0.15, 0.2) is 53.1 Å². The van der Waals surface area contributed by atoms with E-state index in [1.165, 1.54) is 7.11 Å². The summed E-state index contributed by atoms with van der Waals surface area (Å²) in [5.41, 5.74) is 4.13. The van der Waals surface area contributed by atoms with Gasteiger partial charge in [0.15, 0.2) is 0 Å². The molecule has 3 aromatic rings. The Labute approximate surface area is 256 Å². The third kappa shape index (κ3) is 7.51. The van der Waals surface area contributed by atoms with Gasteiger partial charge in [0, 0.05) is 11.6 Å². The molecule has 0 saturated carbocycles. The van der Waals surface area contributed by atoms with E-state index in [-0.39, 0.29) is 12.4 Å². The van der Waals surface area contributed by atoms with Gasteiger partial charge in [0.05, 0.1) is 43.0 Å². The van der Waals surface area contributed by atoms with E-state index in [2.05, 4.69) is 27.0 Å². The van der Waals surface area contributed by atoms with Crippen molar-refractivity contribution >= 4 is 34.5 Å². The molecule has 0 radical (unpaired) electrons. The molecular weight excluding hydrogens is 599 g/mol. The zero-order valence-electron chi connectivity index (χ0n) is 25.0. The Kier molecular flexibility index (Phi) is 9.98. The molecule has 4 rings (SSSR count). The summed E-state index contributed by atoms with van der Waals surface area (Å²) < 4.78 is 30.4. The number of halogens is 1. The number of aryl methyl sites for hydroxylation is 2. The molecule has 1 aliphatic heterocycles. The number of nitrogens with zero attached hydrogens (tertiary/aromatic N) is 2. The molecule has 0 bridgehead atoms. The SMILES string of the molecule is COC(=O)Cc1cc(C)c(B2OC(C)(C)C(C)(C)O2)cc1OCCCc1cc(C#N)ccc1COc1cccc(Br)n1. The van der Waals surface area contributed by atoms with Crippen molar-refractivity contribution in [2.45, 2.75) is 71.7 Å². The van der Waals surface area contributed by atoms with Gasteiger partial charge in [-0.3, -0.25) is 4.79 Å². The van der Waals surface area contributed by atoms with E-state index >= 15 is 0 Å². The lowest BCUT2D eigenvalue weighted by atomic mass is 9.75. The molecule has 2 heterocycles. The summed E-state index contributed by atoms with van der Waals surface area (Å²) in [6.45, 7) is 10.7. The van der Waals surface area contributed by atoms with Crippen LogP contribution in [0.4, 0.5) is 0 Å². The summed E-state index contributed by atoms with van der Waals surface area (Å²) in [6.07, 6.45) is 1.43. The standard InChI is InChI=1S/C32H36BBrN2O6/c1-21-15-25(17-30(37)38-6)27(18-26(21)33-41-31(2,3)32(4,5)42-33)39-14-8-9-23-16-22(19-35)12-13-24(23)20-40-29-11-7-10-28(34)36-29/h7,10-13,15-16,18H,8-9,14,17,20H2,1-6H3. The largest absolute Gasteiger partial charge is 0.495 e. The molecular formula is C32H36BBrN2O6. The number of nitriles is 1. The highest BCUT2D eigenvalue weighted by Crippen LogP contribution is 2.37. The third-order valence-corrected chi connectivity index (χ3v) is 8.21. The minimum Gasteiger partial charge on any atom is -0.493 e.